The lowest BCUT2D eigenvalue weighted by molar-refractivity contribution is -0.135. The number of hydrogen-bond donors (Lipinski definition) is 0. The number of carbonyl (C=O) groups excluding carboxylic acids is 2. The number of amides is 2. The molecule has 5 nitrogen and oxygen atoms in total. The van der Waals surface area contributed by atoms with E-state index in [1.54, 1.807) is 7.11 Å². The number of alkyl halides is 1. The van der Waals surface area contributed by atoms with Crippen LogP contribution in [-0.2, 0) is 20.7 Å². The molecule has 0 saturated carbocycles. The predicted octanol–water partition coefficient (Wildman–Crippen LogP) is 3.40. The Bertz CT molecular complexity index is 537. The average Bonchev–Trinajstić information content (AvgIpc) is 2.95. The lowest BCUT2D eigenvalue weighted by atomic mass is 9.99. The van der Waals surface area contributed by atoms with Crippen LogP contribution in [0.15, 0.2) is 30.3 Å². The maximum atomic E-state index is 12.9. The van der Waals surface area contributed by atoms with Crippen molar-refractivity contribution in [2.75, 3.05) is 25.7 Å². The number of carbonyl (C=O) groups is 2. The quantitative estimate of drug-likeness (QED) is 0.473. The Morgan fingerprint density at radius 1 is 1.38 bits per heavy atom. The van der Waals surface area contributed by atoms with Gasteiger partial charge in [-0.1, -0.05) is 52.7 Å². The molecule has 1 saturated heterocycles. The minimum absolute atomic E-state index is 0.185. The molecular weight excluding hydrogens is 374 g/mol. The van der Waals surface area contributed by atoms with Crippen LogP contribution in [0.1, 0.15) is 24.8 Å². The monoisotopic (exact) mass is 397 g/mol. The predicted molar refractivity (Wildman–Crippen MR) is 95.1 cm³/mol. The van der Waals surface area contributed by atoms with E-state index in [1.165, 1.54) is 4.90 Å². The fourth-order valence-electron chi connectivity index (χ4n) is 2.93. The summed E-state index contributed by atoms with van der Waals surface area (Å²) >= 11 is 3.40. The van der Waals surface area contributed by atoms with Crippen LogP contribution in [0.3, 0.4) is 0 Å². The Hall–Kier alpha value is -1.40. The normalized spacial score (nSPS) is 18.5. The summed E-state index contributed by atoms with van der Waals surface area (Å²) in [5, 5.41) is 0.906. The van der Waals surface area contributed by atoms with Crippen LogP contribution in [0.25, 0.3) is 0 Å². The van der Waals surface area contributed by atoms with E-state index in [9.17, 15) is 9.59 Å². The maximum absolute atomic E-state index is 12.9. The molecule has 6 heteroatoms. The van der Waals surface area contributed by atoms with E-state index in [-0.39, 0.29) is 24.5 Å². The summed E-state index contributed by atoms with van der Waals surface area (Å²) in [6.45, 7) is 0.573. The first-order chi connectivity index (χ1) is 11.7. The Balaban J connectivity index is 2.06. The van der Waals surface area contributed by atoms with Crippen LogP contribution < -0.4 is 0 Å². The van der Waals surface area contributed by atoms with Crippen molar-refractivity contribution < 1.29 is 19.1 Å². The van der Waals surface area contributed by atoms with Gasteiger partial charge in [-0.3, -0.25) is 4.79 Å². The average molecular weight is 398 g/mol. The summed E-state index contributed by atoms with van der Waals surface area (Å²) in [4.78, 5) is 26.3. The molecule has 0 spiro atoms. The van der Waals surface area contributed by atoms with Crippen molar-refractivity contribution >= 4 is 27.9 Å². The second-order valence-corrected chi connectivity index (χ2v) is 6.76. The van der Waals surface area contributed by atoms with Crippen LogP contribution >= 0.6 is 15.9 Å². The molecule has 2 amide bonds. The van der Waals surface area contributed by atoms with E-state index in [4.69, 9.17) is 9.47 Å². The number of halogens is 1. The molecule has 2 atom stereocenters. The minimum atomic E-state index is -0.539. The van der Waals surface area contributed by atoms with Gasteiger partial charge in [0.2, 0.25) is 5.91 Å². The molecule has 1 heterocycles. The zero-order valence-corrected chi connectivity index (χ0v) is 15.5. The van der Waals surface area contributed by atoms with Gasteiger partial charge in [0, 0.05) is 12.4 Å². The highest BCUT2D eigenvalue weighted by Crippen LogP contribution is 2.22. The van der Waals surface area contributed by atoms with E-state index in [1.807, 2.05) is 30.3 Å². The number of methoxy groups -OCH3 is 1. The first kappa shape index (κ1) is 18.9. The van der Waals surface area contributed by atoms with E-state index in [0.717, 1.165) is 23.7 Å². The molecule has 1 aromatic carbocycles. The SMILES string of the molecule is COCC(CCCCBr)C(=O)N1C(=O)OCC1Cc1ccccc1. The summed E-state index contributed by atoms with van der Waals surface area (Å²) in [5.74, 6) is -0.493. The highest BCUT2D eigenvalue weighted by Gasteiger charge is 2.40. The summed E-state index contributed by atoms with van der Waals surface area (Å²) in [5.41, 5.74) is 1.08. The van der Waals surface area contributed by atoms with Crippen molar-refractivity contribution in [1.82, 2.24) is 4.90 Å². The molecule has 1 fully saturated rings. The van der Waals surface area contributed by atoms with Crippen molar-refractivity contribution in [1.29, 1.82) is 0 Å². The molecule has 1 aliphatic heterocycles. The van der Waals surface area contributed by atoms with Gasteiger partial charge in [0.1, 0.15) is 6.61 Å². The van der Waals surface area contributed by atoms with Crippen LogP contribution in [0.2, 0.25) is 0 Å². The van der Waals surface area contributed by atoms with Gasteiger partial charge in [-0.25, -0.2) is 9.69 Å². The standard InChI is InChI=1S/C18H24BrNO4/c1-23-12-15(9-5-6-10-19)17(21)20-16(13-24-18(20)22)11-14-7-3-2-4-8-14/h2-4,7-8,15-16H,5-6,9-13H2,1H3. The highest BCUT2D eigenvalue weighted by atomic mass is 79.9. The minimum Gasteiger partial charge on any atom is -0.447 e. The summed E-state index contributed by atoms with van der Waals surface area (Å²) in [7, 11) is 1.58. The van der Waals surface area contributed by atoms with Crippen LogP contribution in [-0.4, -0.2) is 48.6 Å². The topological polar surface area (TPSA) is 55.8 Å². The van der Waals surface area contributed by atoms with Gasteiger partial charge < -0.3 is 9.47 Å². The van der Waals surface area contributed by atoms with Crippen molar-refractivity contribution in [3.63, 3.8) is 0 Å². The fraction of sp³-hybridized carbons (Fsp3) is 0.556. The lowest BCUT2D eigenvalue weighted by Gasteiger charge is -2.24. The van der Waals surface area contributed by atoms with Gasteiger partial charge in [0.05, 0.1) is 18.6 Å². The van der Waals surface area contributed by atoms with E-state index >= 15 is 0 Å². The number of unbranched alkanes of at least 4 members (excludes halogenated alkanes) is 1. The second-order valence-electron chi connectivity index (χ2n) is 5.97. The Kier molecular flexibility index (Phi) is 7.72. The largest absolute Gasteiger partial charge is 0.447 e. The Labute approximate surface area is 151 Å². The molecule has 132 valence electrons. The summed E-state index contributed by atoms with van der Waals surface area (Å²) < 4.78 is 10.3. The molecule has 0 aromatic heterocycles. The molecule has 0 N–H and O–H groups in total. The van der Waals surface area contributed by atoms with Gasteiger partial charge in [-0.15, -0.1) is 0 Å². The van der Waals surface area contributed by atoms with Gasteiger partial charge in [0.25, 0.3) is 0 Å². The van der Waals surface area contributed by atoms with Crippen molar-refractivity contribution in [2.24, 2.45) is 5.92 Å². The third kappa shape index (κ3) is 5.05. The molecule has 0 bridgehead atoms. The molecule has 1 aliphatic rings. The van der Waals surface area contributed by atoms with Gasteiger partial charge in [-0.2, -0.15) is 0 Å². The number of rotatable bonds is 9. The van der Waals surface area contributed by atoms with Crippen molar-refractivity contribution in [2.45, 2.75) is 31.7 Å². The molecule has 1 aromatic rings. The molecule has 2 unspecified atom stereocenters. The van der Waals surface area contributed by atoms with Crippen LogP contribution in [0, 0.1) is 5.92 Å². The Morgan fingerprint density at radius 2 is 2.12 bits per heavy atom. The van der Waals surface area contributed by atoms with E-state index < -0.39 is 6.09 Å². The van der Waals surface area contributed by atoms with E-state index in [2.05, 4.69) is 15.9 Å². The third-order valence-corrected chi connectivity index (χ3v) is 4.73. The van der Waals surface area contributed by atoms with Gasteiger partial charge >= 0.3 is 6.09 Å². The Morgan fingerprint density at radius 3 is 2.79 bits per heavy atom. The smallest absolute Gasteiger partial charge is 0.416 e. The number of nitrogens with zero attached hydrogens (tertiary/aromatic N) is 1. The van der Waals surface area contributed by atoms with Crippen molar-refractivity contribution in [3.05, 3.63) is 35.9 Å². The zero-order chi connectivity index (χ0) is 17.4. The maximum Gasteiger partial charge on any atom is 0.416 e. The molecule has 2 rings (SSSR count). The number of ether oxygens (including phenoxy) is 2. The number of hydrogen-bond acceptors (Lipinski definition) is 4. The zero-order valence-electron chi connectivity index (χ0n) is 13.9. The fourth-order valence-corrected chi connectivity index (χ4v) is 3.32. The van der Waals surface area contributed by atoms with Crippen molar-refractivity contribution in [3.8, 4) is 0 Å². The molecule has 24 heavy (non-hydrogen) atoms. The first-order valence-electron chi connectivity index (χ1n) is 8.26. The van der Waals surface area contributed by atoms with Crippen LogP contribution in [0.5, 0.6) is 0 Å². The highest BCUT2D eigenvalue weighted by molar-refractivity contribution is 9.09. The summed E-state index contributed by atoms with van der Waals surface area (Å²) in [6.07, 6.45) is 2.69. The number of imide groups is 1. The molecule has 0 radical (unpaired) electrons. The van der Waals surface area contributed by atoms with Gasteiger partial charge in [-0.05, 0) is 24.8 Å². The first-order valence-corrected chi connectivity index (χ1v) is 9.38. The van der Waals surface area contributed by atoms with E-state index in [0.29, 0.717) is 19.4 Å². The number of benzene rings is 1. The van der Waals surface area contributed by atoms with Gasteiger partial charge in [0.15, 0.2) is 0 Å². The lowest BCUT2D eigenvalue weighted by Crippen LogP contribution is -2.44. The molecular formula is C18H24BrNO4. The van der Waals surface area contributed by atoms with Crippen LogP contribution in [0.4, 0.5) is 4.79 Å². The summed E-state index contributed by atoms with van der Waals surface area (Å²) in [6, 6.07) is 9.59. The second kappa shape index (κ2) is 9.79. The third-order valence-electron chi connectivity index (χ3n) is 4.17. The molecule has 0 aliphatic carbocycles. The number of cyclic esters (lactones) is 1.